The van der Waals surface area contributed by atoms with Crippen LogP contribution in [0.2, 0.25) is 0 Å². The van der Waals surface area contributed by atoms with Crippen LogP contribution in [-0.4, -0.2) is 95.4 Å². The number of fused-ring (bicyclic) bond motifs is 1. The van der Waals surface area contributed by atoms with Gasteiger partial charge in [0.15, 0.2) is 0 Å². The number of carboxylic acid groups (broad SMARTS) is 2. The molecule has 10 nitrogen and oxygen atoms in total. The van der Waals surface area contributed by atoms with Gasteiger partial charge in [0.25, 0.3) is 0 Å². The lowest BCUT2D eigenvalue weighted by molar-refractivity contribution is -0.193. The van der Waals surface area contributed by atoms with Crippen LogP contribution in [0.5, 0.6) is 0 Å². The molecule has 220 valence electrons. The summed E-state index contributed by atoms with van der Waals surface area (Å²) in [5.74, 6) is -4.42. The molecule has 3 aliphatic heterocycles. The van der Waals surface area contributed by atoms with Crippen LogP contribution in [0.3, 0.4) is 0 Å². The second-order valence-corrected chi connectivity index (χ2v) is 9.02. The Kier molecular flexibility index (Phi) is 11.9. The van der Waals surface area contributed by atoms with Gasteiger partial charge in [-0.3, -0.25) is 14.7 Å². The number of piperidine rings is 1. The molecule has 3 atom stereocenters. The van der Waals surface area contributed by atoms with Crippen molar-refractivity contribution in [2.24, 2.45) is 11.8 Å². The third-order valence-corrected chi connectivity index (χ3v) is 6.35. The van der Waals surface area contributed by atoms with Crippen LogP contribution in [0.25, 0.3) is 0 Å². The molecule has 0 saturated carbocycles. The number of ether oxygens (including phenoxy) is 2. The fourth-order valence-corrected chi connectivity index (χ4v) is 4.54. The molecule has 3 N–H and O–H groups in total. The van der Waals surface area contributed by atoms with E-state index in [1.54, 1.807) is 12.4 Å². The number of alkyl halides is 6. The van der Waals surface area contributed by atoms with Crippen LogP contribution in [-0.2, 0) is 23.9 Å². The van der Waals surface area contributed by atoms with Crippen molar-refractivity contribution in [3.05, 3.63) is 24.5 Å². The fourth-order valence-electron chi connectivity index (χ4n) is 4.54. The Morgan fingerprint density at radius 1 is 1.03 bits per heavy atom. The van der Waals surface area contributed by atoms with Gasteiger partial charge < -0.3 is 25.0 Å². The molecule has 1 amide bonds. The number of halogens is 6. The minimum Gasteiger partial charge on any atom is -0.475 e. The van der Waals surface area contributed by atoms with Gasteiger partial charge >= 0.3 is 24.3 Å². The lowest BCUT2D eigenvalue weighted by Gasteiger charge is -2.41. The van der Waals surface area contributed by atoms with Crippen molar-refractivity contribution in [3.63, 3.8) is 0 Å². The lowest BCUT2D eigenvalue weighted by Crippen LogP contribution is -2.48. The van der Waals surface area contributed by atoms with E-state index < -0.39 is 24.3 Å². The van der Waals surface area contributed by atoms with Crippen LogP contribution in [0.4, 0.5) is 32.0 Å². The highest BCUT2D eigenvalue weighted by Gasteiger charge is 2.43. The lowest BCUT2D eigenvalue weighted by atomic mass is 9.82. The largest absolute Gasteiger partial charge is 0.490 e. The number of carbonyl (C=O) groups excluding carboxylic acids is 1. The topological polar surface area (TPSA) is 138 Å². The zero-order valence-corrected chi connectivity index (χ0v) is 20.6. The Balaban J connectivity index is 0.000000317. The minimum atomic E-state index is -5.08. The van der Waals surface area contributed by atoms with Crippen LogP contribution in [0.1, 0.15) is 25.7 Å². The number of carboxylic acids is 2. The number of rotatable bonds is 4. The zero-order valence-electron chi connectivity index (χ0n) is 20.6. The standard InChI is InChI=1S/C19H27N3O3.2C2HF3O2/c23-19(21-15-2-1-6-20-11-15)10-18-17-3-7-22(12-14(17)13-25-18)16-4-8-24-9-5-16;2*3-2(4,5)1(6)7/h1-2,6,11,14,16-18H,3-5,7-10,12-13H2,(H,21,23);2*(H,6,7)/t14-,17-,18+;;/m1../s1. The molecule has 1 aromatic heterocycles. The number of carbonyl (C=O) groups is 3. The van der Waals surface area contributed by atoms with E-state index in [-0.39, 0.29) is 12.0 Å². The van der Waals surface area contributed by atoms with Gasteiger partial charge in [-0.2, -0.15) is 26.3 Å². The van der Waals surface area contributed by atoms with Crippen molar-refractivity contribution < 1.29 is 60.4 Å². The third-order valence-electron chi connectivity index (χ3n) is 6.35. The summed E-state index contributed by atoms with van der Waals surface area (Å²) in [6.07, 6.45) is -2.88. The molecule has 3 saturated heterocycles. The number of likely N-dealkylation sites (tertiary alicyclic amines) is 1. The first-order valence-electron chi connectivity index (χ1n) is 11.9. The minimum absolute atomic E-state index is 0.0190. The molecule has 16 heteroatoms. The smallest absolute Gasteiger partial charge is 0.475 e. The molecule has 0 spiro atoms. The number of aromatic nitrogens is 1. The SMILES string of the molecule is O=C(C[C@@H]1OC[C@H]2CN(C3CCOCC3)CC[C@H]21)Nc1cccnc1.O=C(O)C(F)(F)F.O=C(O)C(F)(F)F. The Morgan fingerprint density at radius 3 is 2.13 bits per heavy atom. The molecule has 0 unspecified atom stereocenters. The second-order valence-electron chi connectivity index (χ2n) is 9.02. The van der Waals surface area contributed by atoms with E-state index in [0.717, 1.165) is 57.9 Å². The van der Waals surface area contributed by atoms with E-state index in [2.05, 4.69) is 15.2 Å². The molecule has 4 heterocycles. The van der Waals surface area contributed by atoms with Crippen LogP contribution >= 0.6 is 0 Å². The highest BCUT2D eigenvalue weighted by molar-refractivity contribution is 5.90. The average Bonchev–Trinajstić information content (AvgIpc) is 3.26. The van der Waals surface area contributed by atoms with Crippen molar-refractivity contribution in [2.75, 3.05) is 38.2 Å². The maximum absolute atomic E-state index is 12.3. The summed E-state index contributed by atoms with van der Waals surface area (Å²) >= 11 is 0. The zero-order chi connectivity index (χ0) is 29.2. The summed E-state index contributed by atoms with van der Waals surface area (Å²) < 4.78 is 75.0. The van der Waals surface area contributed by atoms with Gasteiger partial charge in [0, 0.05) is 37.9 Å². The van der Waals surface area contributed by atoms with Crippen molar-refractivity contribution in [3.8, 4) is 0 Å². The first-order chi connectivity index (χ1) is 18.2. The van der Waals surface area contributed by atoms with Gasteiger partial charge in [-0.25, -0.2) is 9.59 Å². The molecule has 3 aliphatic rings. The Bertz CT molecular complexity index is 918. The average molecular weight is 573 g/mol. The van der Waals surface area contributed by atoms with Crippen molar-refractivity contribution >= 4 is 23.5 Å². The van der Waals surface area contributed by atoms with Crippen molar-refractivity contribution in [1.29, 1.82) is 0 Å². The number of hydrogen-bond donors (Lipinski definition) is 3. The van der Waals surface area contributed by atoms with Crippen LogP contribution < -0.4 is 5.32 Å². The Labute approximate surface area is 219 Å². The van der Waals surface area contributed by atoms with E-state index in [4.69, 9.17) is 29.3 Å². The van der Waals surface area contributed by atoms with E-state index in [0.29, 0.717) is 24.3 Å². The first kappa shape index (κ1) is 32.2. The van der Waals surface area contributed by atoms with E-state index in [9.17, 15) is 31.1 Å². The molecule has 0 aliphatic carbocycles. The van der Waals surface area contributed by atoms with Gasteiger partial charge in [0.2, 0.25) is 5.91 Å². The van der Waals surface area contributed by atoms with Gasteiger partial charge in [-0.15, -0.1) is 0 Å². The fraction of sp³-hybridized carbons (Fsp3) is 0.652. The molecule has 39 heavy (non-hydrogen) atoms. The Hall–Kier alpha value is -2.98. The number of hydrogen-bond acceptors (Lipinski definition) is 7. The molecule has 4 rings (SSSR count). The van der Waals surface area contributed by atoms with Crippen molar-refractivity contribution in [1.82, 2.24) is 9.88 Å². The summed E-state index contributed by atoms with van der Waals surface area (Å²) in [5, 5.41) is 17.2. The van der Waals surface area contributed by atoms with Gasteiger partial charge in [0.1, 0.15) is 0 Å². The first-order valence-corrected chi connectivity index (χ1v) is 11.9. The van der Waals surface area contributed by atoms with Gasteiger partial charge in [-0.05, 0) is 43.9 Å². The van der Waals surface area contributed by atoms with Crippen LogP contribution in [0.15, 0.2) is 24.5 Å². The monoisotopic (exact) mass is 573 g/mol. The number of aliphatic carboxylic acids is 2. The summed E-state index contributed by atoms with van der Waals surface area (Å²) in [7, 11) is 0. The summed E-state index contributed by atoms with van der Waals surface area (Å²) in [5.41, 5.74) is 0.747. The predicted octanol–water partition coefficient (Wildman–Crippen LogP) is 3.19. The molecular weight excluding hydrogens is 544 g/mol. The molecule has 0 radical (unpaired) electrons. The maximum atomic E-state index is 12.3. The molecule has 1 aromatic rings. The molecule has 0 aromatic carbocycles. The molecular formula is C23H29F6N3O7. The van der Waals surface area contributed by atoms with Crippen LogP contribution in [0, 0.1) is 11.8 Å². The number of nitrogens with one attached hydrogen (secondary N) is 1. The van der Waals surface area contributed by atoms with E-state index in [1.807, 2.05) is 12.1 Å². The molecule has 0 bridgehead atoms. The second kappa shape index (κ2) is 14.4. The Morgan fingerprint density at radius 2 is 1.62 bits per heavy atom. The predicted molar refractivity (Wildman–Crippen MR) is 122 cm³/mol. The summed E-state index contributed by atoms with van der Waals surface area (Å²) in [6.45, 7) is 4.80. The van der Waals surface area contributed by atoms with Gasteiger partial charge in [0.05, 0.1) is 31.0 Å². The highest BCUT2D eigenvalue weighted by atomic mass is 19.4. The number of pyridine rings is 1. The third kappa shape index (κ3) is 11.0. The van der Waals surface area contributed by atoms with E-state index in [1.165, 1.54) is 0 Å². The maximum Gasteiger partial charge on any atom is 0.490 e. The summed E-state index contributed by atoms with van der Waals surface area (Å²) in [4.78, 5) is 36.8. The molecule has 3 fully saturated rings. The normalized spacial score (nSPS) is 23.8. The van der Waals surface area contributed by atoms with E-state index >= 15 is 0 Å². The highest BCUT2D eigenvalue weighted by Crippen LogP contribution is 2.37. The van der Waals surface area contributed by atoms with Gasteiger partial charge in [-0.1, -0.05) is 0 Å². The van der Waals surface area contributed by atoms with Crippen molar-refractivity contribution in [2.45, 2.75) is 50.2 Å². The number of anilines is 1. The number of nitrogens with zero attached hydrogens (tertiary/aromatic N) is 2. The summed E-state index contributed by atoms with van der Waals surface area (Å²) in [6, 6.07) is 4.35. The quantitative estimate of drug-likeness (QED) is 0.464. The number of amides is 1.